The number of carbonyl (C=O) groups is 1. The van der Waals surface area contributed by atoms with Crippen LogP contribution in [-0.4, -0.2) is 30.8 Å². The Morgan fingerprint density at radius 3 is 2.22 bits per heavy atom. The van der Waals surface area contributed by atoms with Gasteiger partial charge in [-0.1, -0.05) is 18.2 Å². The SMILES string of the molecule is C[C@@H](NC(=O)c1cn(C2(C(F)F)CC2)c(=O)cc1OS(=O)(=O)C(F)(F)F)c1cccc(C(F)F)c1F. The standard InChI is InChI=1S/C20H16F8N2O5S/c1-9(10-3-2-4-11(15(10)21)16(22)23)29-17(32)12-8-30(19(5-6-19)18(24)25)14(31)7-13(12)35-36(33,34)20(26,27)28/h2-4,7-9,16,18H,5-6H2,1H3,(H,29,32)/t9-/m1/s1. The highest BCUT2D eigenvalue weighted by Gasteiger charge is 2.54. The van der Waals surface area contributed by atoms with Crippen LogP contribution in [-0.2, 0) is 15.7 Å². The number of aromatic nitrogens is 1. The first-order chi connectivity index (χ1) is 16.5. The summed E-state index contributed by atoms with van der Waals surface area (Å²) in [7, 11) is -6.39. The molecule has 0 unspecified atom stereocenters. The van der Waals surface area contributed by atoms with Gasteiger partial charge in [-0.15, -0.1) is 0 Å². The summed E-state index contributed by atoms with van der Waals surface area (Å²) in [4.78, 5) is 25.2. The van der Waals surface area contributed by atoms with Crippen molar-refractivity contribution < 1.29 is 52.5 Å². The van der Waals surface area contributed by atoms with E-state index in [1.54, 1.807) is 0 Å². The van der Waals surface area contributed by atoms with E-state index in [0.29, 0.717) is 10.8 Å². The van der Waals surface area contributed by atoms with Crippen LogP contribution >= 0.6 is 0 Å². The number of amides is 1. The van der Waals surface area contributed by atoms with Gasteiger partial charge in [-0.25, -0.2) is 22.0 Å². The molecule has 0 saturated heterocycles. The zero-order chi connectivity index (χ0) is 27.2. The smallest absolute Gasteiger partial charge is 0.375 e. The summed E-state index contributed by atoms with van der Waals surface area (Å²) >= 11 is 0. The molecule has 198 valence electrons. The maximum atomic E-state index is 14.4. The molecule has 1 amide bonds. The Bertz CT molecular complexity index is 1340. The average Bonchev–Trinajstić information content (AvgIpc) is 3.54. The molecule has 36 heavy (non-hydrogen) atoms. The van der Waals surface area contributed by atoms with Gasteiger partial charge in [0.05, 0.1) is 17.2 Å². The van der Waals surface area contributed by atoms with Crippen molar-refractivity contribution in [1.29, 1.82) is 0 Å². The molecule has 1 N–H and O–H groups in total. The third-order valence-corrected chi connectivity index (χ3v) is 6.47. The molecule has 7 nitrogen and oxygen atoms in total. The molecule has 1 aliphatic carbocycles. The maximum absolute atomic E-state index is 14.4. The highest BCUT2D eigenvalue weighted by Crippen LogP contribution is 2.48. The quantitative estimate of drug-likeness (QED) is 0.300. The van der Waals surface area contributed by atoms with Gasteiger partial charge in [0.25, 0.3) is 24.3 Å². The fraction of sp³-hybridized carbons (Fsp3) is 0.400. The molecule has 2 aromatic rings. The first kappa shape index (κ1) is 27.4. The molecule has 1 saturated carbocycles. The number of pyridine rings is 1. The van der Waals surface area contributed by atoms with Crippen molar-refractivity contribution in [2.75, 3.05) is 0 Å². The second-order valence-corrected chi connectivity index (χ2v) is 9.43. The van der Waals surface area contributed by atoms with Crippen LogP contribution in [0.3, 0.4) is 0 Å². The zero-order valence-corrected chi connectivity index (χ0v) is 18.8. The van der Waals surface area contributed by atoms with E-state index < -0.39 is 79.8 Å². The number of nitrogens with zero attached hydrogens (tertiary/aromatic N) is 1. The van der Waals surface area contributed by atoms with Gasteiger partial charge in [0, 0.05) is 17.8 Å². The lowest BCUT2D eigenvalue weighted by Crippen LogP contribution is -2.38. The van der Waals surface area contributed by atoms with E-state index in [0.717, 1.165) is 25.1 Å². The third-order valence-electron chi connectivity index (χ3n) is 5.50. The van der Waals surface area contributed by atoms with Crippen LogP contribution < -0.4 is 15.1 Å². The Hall–Kier alpha value is -3.17. The van der Waals surface area contributed by atoms with Gasteiger partial charge in [-0.05, 0) is 19.8 Å². The molecule has 0 bridgehead atoms. The van der Waals surface area contributed by atoms with Crippen molar-refractivity contribution >= 4 is 16.0 Å². The molecule has 1 fully saturated rings. The van der Waals surface area contributed by atoms with Gasteiger partial charge in [-0.2, -0.15) is 21.6 Å². The molecule has 0 spiro atoms. The summed E-state index contributed by atoms with van der Waals surface area (Å²) in [6.07, 6.45) is -6.38. The van der Waals surface area contributed by atoms with Gasteiger partial charge in [0.1, 0.15) is 11.4 Å². The number of halogens is 8. The van der Waals surface area contributed by atoms with Crippen LogP contribution in [0.25, 0.3) is 0 Å². The van der Waals surface area contributed by atoms with Crippen LogP contribution in [0.15, 0.2) is 35.3 Å². The zero-order valence-electron chi connectivity index (χ0n) is 18.0. The van der Waals surface area contributed by atoms with Crippen LogP contribution in [0, 0.1) is 5.82 Å². The van der Waals surface area contributed by atoms with Gasteiger partial charge in [0.15, 0.2) is 5.75 Å². The first-order valence-electron chi connectivity index (χ1n) is 9.95. The summed E-state index contributed by atoms with van der Waals surface area (Å²) in [5.41, 5.74) is -12.0. The second-order valence-electron chi connectivity index (χ2n) is 7.89. The average molecular weight is 548 g/mol. The van der Waals surface area contributed by atoms with Gasteiger partial charge in [-0.3, -0.25) is 9.59 Å². The molecule has 0 aliphatic heterocycles. The topological polar surface area (TPSA) is 94.5 Å². The minimum absolute atomic E-state index is 0.128. The monoisotopic (exact) mass is 548 g/mol. The second kappa shape index (κ2) is 9.37. The van der Waals surface area contributed by atoms with E-state index in [1.807, 2.05) is 5.32 Å². The van der Waals surface area contributed by atoms with E-state index in [1.165, 1.54) is 0 Å². The lowest BCUT2D eigenvalue weighted by Gasteiger charge is -2.22. The van der Waals surface area contributed by atoms with Crippen molar-refractivity contribution in [3.05, 3.63) is 63.3 Å². The number of hydrogen-bond donors (Lipinski definition) is 1. The Morgan fingerprint density at radius 1 is 1.14 bits per heavy atom. The van der Waals surface area contributed by atoms with E-state index in [-0.39, 0.29) is 18.9 Å². The molecule has 3 rings (SSSR count). The van der Waals surface area contributed by atoms with E-state index in [9.17, 15) is 53.1 Å². The minimum Gasteiger partial charge on any atom is -0.375 e. The molecule has 1 heterocycles. The van der Waals surface area contributed by atoms with Crippen molar-refractivity contribution in [2.24, 2.45) is 0 Å². The van der Waals surface area contributed by atoms with Crippen molar-refractivity contribution in [2.45, 2.75) is 49.7 Å². The first-order valence-corrected chi connectivity index (χ1v) is 11.4. The number of hydrogen-bond acceptors (Lipinski definition) is 5. The van der Waals surface area contributed by atoms with E-state index in [2.05, 4.69) is 4.18 Å². The number of rotatable bonds is 8. The van der Waals surface area contributed by atoms with E-state index >= 15 is 0 Å². The largest absolute Gasteiger partial charge is 0.534 e. The predicted octanol–water partition coefficient (Wildman–Crippen LogP) is 4.40. The van der Waals surface area contributed by atoms with Gasteiger partial charge < -0.3 is 14.1 Å². The van der Waals surface area contributed by atoms with E-state index in [4.69, 9.17) is 0 Å². The Morgan fingerprint density at radius 2 is 1.72 bits per heavy atom. The predicted molar refractivity (Wildman–Crippen MR) is 107 cm³/mol. The molecule has 16 heteroatoms. The van der Waals surface area contributed by atoms with Crippen molar-refractivity contribution in [1.82, 2.24) is 9.88 Å². The van der Waals surface area contributed by atoms with Crippen LogP contribution in [0.1, 0.15) is 53.7 Å². The number of benzene rings is 1. The lowest BCUT2D eigenvalue weighted by atomic mass is 10.0. The normalized spacial score (nSPS) is 16.2. The Labute approximate surface area is 197 Å². The molecule has 1 aliphatic rings. The maximum Gasteiger partial charge on any atom is 0.534 e. The lowest BCUT2D eigenvalue weighted by molar-refractivity contribution is -0.0500. The summed E-state index contributed by atoms with van der Waals surface area (Å²) in [6.45, 7) is 1.11. The van der Waals surface area contributed by atoms with Crippen LogP contribution in [0.4, 0.5) is 35.1 Å². The number of alkyl halides is 7. The van der Waals surface area contributed by atoms with Crippen molar-refractivity contribution in [3.63, 3.8) is 0 Å². The molecule has 1 aromatic carbocycles. The Kier molecular flexibility index (Phi) is 7.13. The highest BCUT2D eigenvalue weighted by molar-refractivity contribution is 7.88. The summed E-state index contributed by atoms with van der Waals surface area (Å²) in [6, 6.07) is 1.56. The van der Waals surface area contributed by atoms with Gasteiger partial charge in [0.2, 0.25) is 0 Å². The fourth-order valence-electron chi connectivity index (χ4n) is 3.38. The molecular formula is C20H16F8N2O5S. The summed E-state index contributed by atoms with van der Waals surface area (Å²) in [5.74, 6) is -4.28. The molecule has 1 atom stereocenters. The van der Waals surface area contributed by atoms with Crippen LogP contribution in [0.2, 0.25) is 0 Å². The summed E-state index contributed by atoms with van der Waals surface area (Å²) in [5, 5.41) is 2.05. The van der Waals surface area contributed by atoms with Crippen molar-refractivity contribution in [3.8, 4) is 5.75 Å². The number of nitrogens with one attached hydrogen (secondary N) is 1. The van der Waals surface area contributed by atoms with Crippen LogP contribution in [0.5, 0.6) is 5.75 Å². The molecule has 0 radical (unpaired) electrons. The minimum atomic E-state index is -6.39. The third kappa shape index (κ3) is 5.03. The van der Waals surface area contributed by atoms with Gasteiger partial charge >= 0.3 is 15.6 Å². The highest BCUT2D eigenvalue weighted by atomic mass is 32.2. The summed E-state index contributed by atoms with van der Waals surface area (Å²) < 4.78 is 133. The number of carbonyl (C=O) groups excluding carboxylic acids is 1. The Balaban J connectivity index is 2.07. The fourth-order valence-corrected chi connectivity index (χ4v) is 3.85. The molecule has 1 aromatic heterocycles. The molecular weight excluding hydrogens is 532 g/mol.